The van der Waals surface area contributed by atoms with Gasteiger partial charge in [-0.3, -0.25) is 4.90 Å². The van der Waals surface area contributed by atoms with Gasteiger partial charge in [-0.15, -0.1) is 0 Å². The van der Waals surface area contributed by atoms with Crippen molar-refractivity contribution in [1.29, 1.82) is 0 Å². The summed E-state index contributed by atoms with van der Waals surface area (Å²) in [6.07, 6.45) is 7.23. The summed E-state index contributed by atoms with van der Waals surface area (Å²) >= 11 is 0. The van der Waals surface area contributed by atoms with E-state index >= 15 is 0 Å². The molecule has 46 heavy (non-hydrogen) atoms. The highest BCUT2D eigenvalue weighted by molar-refractivity contribution is 5.99. The number of nitrogens with zero attached hydrogens (tertiary/aromatic N) is 2. The molecule has 2 aliphatic rings. The Labute approximate surface area is 274 Å². The Morgan fingerprint density at radius 3 is 2.48 bits per heavy atom. The van der Waals surface area contributed by atoms with Crippen molar-refractivity contribution in [1.82, 2.24) is 14.8 Å². The van der Waals surface area contributed by atoms with E-state index in [4.69, 9.17) is 9.47 Å². The number of carbonyl (C=O) groups excluding carboxylic acids is 1. The van der Waals surface area contributed by atoms with E-state index in [1.807, 2.05) is 57.0 Å². The van der Waals surface area contributed by atoms with Gasteiger partial charge in [0.05, 0.1) is 17.3 Å². The van der Waals surface area contributed by atoms with Gasteiger partial charge in [0.25, 0.3) is 0 Å². The normalized spacial score (nSPS) is 17.4. The molecule has 0 bridgehead atoms. The number of hydrogen-bond acceptors (Lipinski definition) is 5. The van der Waals surface area contributed by atoms with Crippen LogP contribution in [0.1, 0.15) is 107 Å². The minimum atomic E-state index is -0.946. The van der Waals surface area contributed by atoms with Crippen LogP contribution in [-0.4, -0.2) is 65.0 Å². The highest BCUT2D eigenvalue weighted by Crippen LogP contribution is 2.48. The summed E-state index contributed by atoms with van der Waals surface area (Å²) in [4.78, 5) is 28.1. The summed E-state index contributed by atoms with van der Waals surface area (Å²) < 4.78 is 15.0. The first-order valence-corrected chi connectivity index (χ1v) is 17.1. The number of carbonyl (C=O) groups is 2. The third kappa shape index (κ3) is 7.38. The molecule has 1 aliphatic heterocycles. The minimum absolute atomic E-state index is 0.00527. The van der Waals surface area contributed by atoms with Crippen LogP contribution in [0.15, 0.2) is 36.4 Å². The SMILES string of the molecule is CNCCC(C)(C)CCN(C(=O)OC(C)(C)C)[C@H]1COc2cccc(C)c2-c2c(C3CCCCC3)c3ccc(C(=O)O)cc3n2C1. The Kier molecular flexibility index (Phi) is 10.1. The minimum Gasteiger partial charge on any atom is -0.491 e. The summed E-state index contributed by atoms with van der Waals surface area (Å²) in [5.74, 6) is 0.212. The van der Waals surface area contributed by atoms with E-state index in [1.165, 1.54) is 24.8 Å². The van der Waals surface area contributed by atoms with Crippen molar-refractivity contribution in [3.05, 3.63) is 53.1 Å². The molecule has 1 aromatic heterocycles. The first-order valence-electron chi connectivity index (χ1n) is 17.1. The van der Waals surface area contributed by atoms with Crippen LogP contribution in [-0.2, 0) is 11.3 Å². The molecule has 5 rings (SSSR count). The maximum Gasteiger partial charge on any atom is 0.410 e. The second-order valence-corrected chi connectivity index (χ2v) is 15.1. The van der Waals surface area contributed by atoms with Crippen molar-refractivity contribution in [3.63, 3.8) is 0 Å². The Hall–Kier alpha value is -3.52. The molecule has 0 radical (unpaired) electrons. The Balaban J connectivity index is 1.69. The molecule has 2 aromatic carbocycles. The number of fused-ring (bicyclic) bond motifs is 5. The third-order valence-corrected chi connectivity index (χ3v) is 9.81. The number of aromatic carboxylic acids is 1. The fraction of sp³-hybridized carbons (Fsp3) is 0.579. The van der Waals surface area contributed by atoms with Gasteiger partial charge in [-0.1, -0.05) is 51.3 Å². The molecule has 8 nitrogen and oxygen atoms in total. The molecular weight excluding hydrogens is 578 g/mol. The van der Waals surface area contributed by atoms with E-state index in [0.717, 1.165) is 65.7 Å². The molecule has 250 valence electrons. The number of nitrogens with one attached hydrogen (secondary N) is 1. The van der Waals surface area contributed by atoms with E-state index in [-0.39, 0.29) is 23.1 Å². The average molecular weight is 632 g/mol. The van der Waals surface area contributed by atoms with Crippen molar-refractivity contribution >= 4 is 23.0 Å². The summed E-state index contributed by atoms with van der Waals surface area (Å²) in [5, 5.41) is 14.4. The molecule has 0 unspecified atom stereocenters. The highest BCUT2D eigenvalue weighted by atomic mass is 16.6. The maximum absolute atomic E-state index is 14.0. The molecular formula is C38H53N3O5. The van der Waals surface area contributed by atoms with Crippen molar-refractivity contribution in [2.24, 2.45) is 5.41 Å². The number of hydrogen-bond donors (Lipinski definition) is 2. The van der Waals surface area contributed by atoms with E-state index in [9.17, 15) is 14.7 Å². The predicted octanol–water partition coefficient (Wildman–Crippen LogP) is 8.39. The molecule has 1 atom stereocenters. The lowest BCUT2D eigenvalue weighted by atomic mass is 9.81. The fourth-order valence-electron chi connectivity index (χ4n) is 7.23. The lowest BCUT2D eigenvalue weighted by Crippen LogP contribution is -2.49. The molecule has 8 heteroatoms. The largest absolute Gasteiger partial charge is 0.491 e. The smallest absolute Gasteiger partial charge is 0.410 e. The number of aryl methyl sites for hydroxylation is 1. The van der Waals surface area contributed by atoms with Gasteiger partial charge in [0.2, 0.25) is 0 Å². The zero-order valence-corrected chi connectivity index (χ0v) is 28.9. The summed E-state index contributed by atoms with van der Waals surface area (Å²) in [7, 11) is 1.96. The van der Waals surface area contributed by atoms with Crippen molar-refractivity contribution in [2.75, 3.05) is 26.7 Å². The Morgan fingerprint density at radius 1 is 1.07 bits per heavy atom. The van der Waals surface area contributed by atoms with E-state index in [0.29, 0.717) is 25.6 Å². The number of ether oxygens (including phenoxy) is 2. The first kappa shape index (κ1) is 33.8. The van der Waals surface area contributed by atoms with Crippen LogP contribution >= 0.6 is 0 Å². The molecule has 3 aromatic rings. The number of rotatable bonds is 9. The Morgan fingerprint density at radius 2 is 1.80 bits per heavy atom. The van der Waals surface area contributed by atoms with Gasteiger partial charge in [-0.05, 0) is 108 Å². The topological polar surface area (TPSA) is 93.0 Å². The number of aromatic nitrogens is 1. The first-order chi connectivity index (χ1) is 21.8. The lowest BCUT2D eigenvalue weighted by molar-refractivity contribution is 0.00567. The number of carboxylic acid groups (broad SMARTS) is 1. The average Bonchev–Trinajstić information content (AvgIpc) is 3.29. The molecule has 1 fully saturated rings. The van der Waals surface area contributed by atoms with Crippen molar-refractivity contribution in [2.45, 2.75) is 111 Å². The quantitative estimate of drug-likeness (QED) is 0.246. The van der Waals surface area contributed by atoms with Crippen LogP contribution in [0.5, 0.6) is 5.75 Å². The third-order valence-electron chi connectivity index (χ3n) is 9.81. The van der Waals surface area contributed by atoms with Gasteiger partial charge in [0.15, 0.2) is 0 Å². The molecule has 0 spiro atoms. The Bertz CT molecular complexity index is 1560. The van der Waals surface area contributed by atoms with Crippen LogP contribution in [0, 0.1) is 12.3 Å². The molecule has 1 aliphatic carbocycles. The van der Waals surface area contributed by atoms with Gasteiger partial charge in [0, 0.05) is 29.6 Å². The molecule has 0 saturated heterocycles. The van der Waals surface area contributed by atoms with Gasteiger partial charge in [0.1, 0.15) is 18.0 Å². The van der Waals surface area contributed by atoms with Crippen LogP contribution in [0.25, 0.3) is 22.2 Å². The standard InChI is InChI=1S/C38H53N3O5/c1-25-12-11-15-31-32(25)34-33(26-13-9-8-10-14-26)29-17-16-27(35(42)43)22-30(29)41(34)23-28(24-45-31)40(36(44)46-37(2,3)4)21-19-38(5,6)18-20-39-7/h11-12,15-17,22,26,28,39H,8-10,13-14,18-21,23-24H2,1-7H3,(H,42,43)/t28-/m1/s1. The molecule has 2 heterocycles. The second kappa shape index (κ2) is 13.7. The summed E-state index contributed by atoms with van der Waals surface area (Å²) in [5.41, 5.74) is 5.07. The monoisotopic (exact) mass is 631 g/mol. The van der Waals surface area contributed by atoms with Gasteiger partial charge >= 0.3 is 12.1 Å². The van der Waals surface area contributed by atoms with Crippen molar-refractivity contribution in [3.8, 4) is 17.0 Å². The van der Waals surface area contributed by atoms with Crippen LogP contribution in [0.4, 0.5) is 4.79 Å². The number of benzene rings is 2. The van der Waals surface area contributed by atoms with Crippen LogP contribution in [0.2, 0.25) is 0 Å². The second-order valence-electron chi connectivity index (χ2n) is 15.1. The number of carboxylic acids is 1. The lowest BCUT2D eigenvalue weighted by Gasteiger charge is -2.37. The van der Waals surface area contributed by atoms with E-state index in [1.54, 1.807) is 6.07 Å². The number of amides is 1. The van der Waals surface area contributed by atoms with Crippen molar-refractivity contribution < 1.29 is 24.2 Å². The molecule has 2 N–H and O–H groups in total. The van der Waals surface area contributed by atoms with Gasteiger partial charge in [-0.2, -0.15) is 0 Å². The molecule has 1 amide bonds. The van der Waals surface area contributed by atoms with Gasteiger partial charge in [-0.25, -0.2) is 9.59 Å². The molecule has 1 saturated carbocycles. The fourth-order valence-corrected chi connectivity index (χ4v) is 7.23. The van der Waals surface area contributed by atoms with E-state index < -0.39 is 11.6 Å². The summed E-state index contributed by atoms with van der Waals surface area (Å²) in [6.45, 7) is 14.5. The predicted molar refractivity (Wildman–Crippen MR) is 184 cm³/mol. The van der Waals surface area contributed by atoms with Crippen LogP contribution < -0.4 is 10.1 Å². The van der Waals surface area contributed by atoms with E-state index in [2.05, 4.69) is 36.7 Å². The highest BCUT2D eigenvalue weighted by Gasteiger charge is 2.36. The maximum atomic E-state index is 14.0. The zero-order chi connectivity index (χ0) is 33.2. The zero-order valence-electron chi connectivity index (χ0n) is 28.9. The van der Waals surface area contributed by atoms with Gasteiger partial charge < -0.3 is 24.5 Å². The summed E-state index contributed by atoms with van der Waals surface area (Å²) in [6, 6.07) is 11.4. The van der Waals surface area contributed by atoms with Crippen LogP contribution in [0.3, 0.4) is 0 Å².